The summed E-state index contributed by atoms with van der Waals surface area (Å²) in [6, 6.07) is 3.43. The lowest BCUT2D eigenvalue weighted by Crippen LogP contribution is -2.39. The van der Waals surface area contributed by atoms with E-state index >= 15 is 0 Å². The largest absolute Gasteiger partial charge is 0.469 e. The molecule has 1 amide bonds. The van der Waals surface area contributed by atoms with E-state index in [1.165, 1.54) is 7.11 Å². The van der Waals surface area contributed by atoms with Gasteiger partial charge in [-0.15, -0.1) is 0 Å². The molecule has 0 saturated carbocycles. The molecule has 1 aromatic rings. The zero-order chi connectivity index (χ0) is 17.0. The molecule has 1 fully saturated rings. The lowest BCUT2D eigenvalue weighted by Gasteiger charge is -2.31. The fraction of sp³-hybridized carbons (Fsp3) is 0.588. The van der Waals surface area contributed by atoms with Crippen molar-refractivity contribution in [3.8, 4) is 0 Å². The van der Waals surface area contributed by atoms with Gasteiger partial charge in [0.25, 0.3) is 5.91 Å². The number of amides is 1. The predicted octanol–water partition coefficient (Wildman–Crippen LogP) is 2.20. The Labute approximate surface area is 137 Å². The first-order valence-corrected chi connectivity index (χ1v) is 8.04. The van der Waals surface area contributed by atoms with Crippen LogP contribution in [-0.4, -0.2) is 42.0 Å². The highest BCUT2D eigenvalue weighted by molar-refractivity contribution is 5.92. The van der Waals surface area contributed by atoms with Crippen LogP contribution in [0.25, 0.3) is 0 Å². The molecule has 0 atom stereocenters. The standard InChI is InChI=1S/C17H25N3O3/c1-11(2)16-13(18)4-5-14(19-16)17(22)20-8-6-12(7-9-20)10-15(21)23-3/h4-5,11-12H,6-10,18H2,1-3H3. The van der Waals surface area contributed by atoms with Gasteiger partial charge in [-0.3, -0.25) is 9.59 Å². The molecular weight excluding hydrogens is 294 g/mol. The number of hydrogen-bond acceptors (Lipinski definition) is 5. The second-order valence-electron chi connectivity index (χ2n) is 6.34. The number of nitrogens with zero attached hydrogens (tertiary/aromatic N) is 2. The van der Waals surface area contributed by atoms with E-state index in [9.17, 15) is 9.59 Å². The fourth-order valence-corrected chi connectivity index (χ4v) is 2.89. The van der Waals surface area contributed by atoms with Gasteiger partial charge in [-0.05, 0) is 36.8 Å². The molecule has 0 bridgehead atoms. The number of hydrogen-bond donors (Lipinski definition) is 1. The van der Waals surface area contributed by atoms with Gasteiger partial charge in [0.15, 0.2) is 0 Å². The molecular formula is C17H25N3O3. The Morgan fingerprint density at radius 3 is 2.57 bits per heavy atom. The van der Waals surface area contributed by atoms with Crippen LogP contribution < -0.4 is 5.73 Å². The molecule has 23 heavy (non-hydrogen) atoms. The van der Waals surface area contributed by atoms with Crippen molar-refractivity contribution in [2.45, 2.75) is 39.0 Å². The highest BCUT2D eigenvalue weighted by Crippen LogP contribution is 2.24. The zero-order valence-corrected chi connectivity index (χ0v) is 14.0. The number of anilines is 1. The summed E-state index contributed by atoms with van der Waals surface area (Å²) in [5, 5.41) is 0. The number of ether oxygens (including phenoxy) is 1. The molecule has 2 N–H and O–H groups in total. The highest BCUT2D eigenvalue weighted by Gasteiger charge is 2.26. The number of nitrogen functional groups attached to an aromatic ring is 1. The summed E-state index contributed by atoms with van der Waals surface area (Å²) in [7, 11) is 1.40. The van der Waals surface area contributed by atoms with Crippen molar-refractivity contribution in [2.24, 2.45) is 5.92 Å². The maximum absolute atomic E-state index is 12.6. The summed E-state index contributed by atoms with van der Waals surface area (Å²) in [4.78, 5) is 30.2. The summed E-state index contributed by atoms with van der Waals surface area (Å²) in [5.41, 5.74) is 7.73. The molecule has 126 valence electrons. The second kappa shape index (κ2) is 7.44. The number of aromatic nitrogens is 1. The molecule has 6 heteroatoms. The molecule has 1 aliphatic heterocycles. The molecule has 0 aliphatic carbocycles. The van der Waals surface area contributed by atoms with Gasteiger partial charge in [0.2, 0.25) is 0 Å². The van der Waals surface area contributed by atoms with E-state index in [0.717, 1.165) is 18.5 Å². The van der Waals surface area contributed by atoms with Crippen LogP contribution in [0, 0.1) is 5.92 Å². The fourth-order valence-electron chi connectivity index (χ4n) is 2.89. The number of rotatable bonds is 4. The summed E-state index contributed by atoms with van der Waals surface area (Å²) in [6.45, 7) is 5.30. The number of esters is 1. The van der Waals surface area contributed by atoms with Gasteiger partial charge in [0.05, 0.1) is 18.5 Å². The Balaban J connectivity index is 2.00. The minimum absolute atomic E-state index is 0.0663. The normalized spacial score (nSPS) is 15.7. The highest BCUT2D eigenvalue weighted by atomic mass is 16.5. The van der Waals surface area contributed by atoms with Crippen LogP contribution in [-0.2, 0) is 9.53 Å². The molecule has 0 radical (unpaired) electrons. The molecule has 1 aliphatic rings. The summed E-state index contributed by atoms with van der Waals surface area (Å²) >= 11 is 0. The Kier molecular flexibility index (Phi) is 5.58. The number of carbonyl (C=O) groups is 2. The Hall–Kier alpha value is -2.11. The third kappa shape index (κ3) is 4.21. The third-order valence-electron chi connectivity index (χ3n) is 4.31. The molecule has 0 spiro atoms. The number of pyridine rings is 1. The first kappa shape index (κ1) is 17.2. The summed E-state index contributed by atoms with van der Waals surface area (Å²) in [5.74, 6) is 0.214. The minimum atomic E-state index is -0.184. The second-order valence-corrected chi connectivity index (χ2v) is 6.34. The summed E-state index contributed by atoms with van der Waals surface area (Å²) in [6.07, 6.45) is 2.05. The van der Waals surface area contributed by atoms with Crippen LogP contribution >= 0.6 is 0 Å². The number of nitrogens with two attached hydrogens (primary N) is 1. The average molecular weight is 319 g/mol. The van der Waals surface area contributed by atoms with Crippen molar-refractivity contribution in [3.63, 3.8) is 0 Å². The number of carbonyl (C=O) groups excluding carboxylic acids is 2. The predicted molar refractivity (Wildman–Crippen MR) is 88.0 cm³/mol. The van der Waals surface area contributed by atoms with Gasteiger partial charge >= 0.3 is 5.97 Å². The maximum atomic E-state index is 12.6. The van der Waals surface area contributed by atoms with Crippen LogP contribution in [0.2, 0.25) is 0 Å². The molecule has 1 aromatic heterocycles. The van der Waals surface area contributed by atoms with Crippen LogP contribution in [0.5, 0.6) is 0 Å². The van der Waals surface area contributed by atoms with E-state index in [2.05, 4.69) is 4.98 Å². The van der Waals surface area contributed by atoms with Gasteiger partial charge < -0.3 is 15.4 Å². The maximum Gasteiger partial charge on any atom is 0.305 e. The van der Waals surface area contributed by atoms with Gasteiger partial charge in [0, 0.05) is 19.5 Å². The monoisotopic (exact) mass is 319 g/mol. The van der Waals surface area contributed by atoms with E-state index in [1.807, 2.05) is 13.8 Å². The van der Waals surface area contributed by atoms with Crippen molar-refractivity contribution in [1.29, 1.82) is 0 Å². The average Bonchev–Trinajstić information content (AvgIpc) is 2.55. The van der Waals surface area contributed by atoms with Crippen molar-refractivity contribution in [1.82, 2.24) is 9.88 Å². The Morgan fingerprint density at radius 2 is 2.00 bits per heavy atom. The van der Waals surface area contributed by atoms with E-state index in [1.54, 1.807) is 17.0 Å². The first-order chi connectivity index (χ1) is 10.9. The van der Waals surface area contributed by atoms with E-state index in [4.69, 9.17) is 10.5 Å². The van der Waals surface area contributed by atoms with Gasteiger partial charge in [0.1, 0.15) is 5.69 Å². The van der Waals surface area contributed by atoms with Gasteiger partial charge in [-0.25, -0.2) is 4.98 Å². The Morgan fingerprint density at radius 1 is 1.35 bits per heavy atom. The van der Waals surface area contributed by atoms with Gasteiger partial charge in [-0.1, -0.05) is 13.8 Å². The minimum Gasteiger partial charge on any atom is -0.469 e. The van der Waals surface area contributed by atoms with E-state index in [0.29, 0.717) is 30.9 Å². The third-order valence-corrected chi connectivity index (χ3v) is 4.31. The van der Waals surface area contributed by atoms with Crippen LogP contribution in [0.15, 0.2) is 12.1 Å². The lowest BCUT2D eigenvalue weighted by atomic mass is 9.93. The van der Waals surface area contributed by atoms with Crippen molar-refractivity contribution < 1.29 is 14.3 Å². The number of piperidine rings is 1. The molecule has 1 saturated heterocycles. The first-order valence-electron chi connectivity index (χ1n) is 8.04. The van der Waals surface area contributed by atoms with Crippen molar-refractivity contribution in [3.05, 3.63) is 23.5 Å². The molecule has 0 unspecified atom stereocenters. The molecule has 2 heterocycles. The Bertz CT molecular complexity index is 578. The van der Waals surface area contributed by atoms with Crippen LogP contribution in [0.1, 0.15) is 55.2 Å². The SMILES string of the molecule is COC(=O)CC1CCN(C(=O)c2ccc(N)c(C(C)C)n2)CC1. The molecule has 2 rings (SSSR count). The van der Waals surface area contributed by atoms with E-state index < -0.39 is 0 Å². The lowest BCUT2D eigenvalue weighted by molar-refractivity contribution is -0.142. The number of methoxy groups -OCH3 is 1. The summed E-state index contributed by atoms with van der Waals surface area (Å²) < 4.78 is 4.70. The smallest absolute Gasteiger partial charge is 0.305 e. The topological polar surface area (TPSA) is 85.5 Å². The van der Waals surface area contributed by atoms with Crippen LogP contribution in [0.3, 0.4) is 0 Å². The van der Waals surface area contributed by atoms with Crippen LogP contribution in [0.4, 0.5) is 5.69 Å². The van der Waals surface area contributed by atoms with Crippen molar-refractivity contribution in [2.75, 3.05) is 25.9 Å². The molecule has 6 nitrogen and oxygen atoms in total. The van der Waals surface area contributed by atoms with E-state index in [-0.39, 0.29) is 23.7 Å². The number of likely N-dealkylation sites (tertiary alicyclic amines) is 1. The zero-order valence-electron chi connectivity index (χ0n) is 14.0. The van der Waals surface area contributed by atoms with Gasteiger partial charge in [-0.2, -0.15) is 0 Å². The quantitative estimate of drug-likeness (QED) is 0.860. The molecule has 0 aromatic carbocycles. The van der Waals surface area contributed by atoms with Crippen molar-refractivity contribution >= 4 is 17.6 Å².